The number of carbonyl (C=O) groups excluding carboxylic acids is 1. The second kappa shape index (κ2) is 5.50. The van der Waals surface area contributed by atoms with Crippen LogP contribution in [0.2, 0.25) is 10.3 Å². The van der Waals surface area contributed by atoms with Gasteiger partial charge in [0.1, 0.15) is 0 Å². The van der Waals surface area contributed by atoms with Crippen LogP contribution in [0.25, 0.3) is 0 Å². The van der Waals surface area contributed by atoms with Gasteiger partial charge < -0.3 is 5.32 Å². The van der Waals surface area contributed by atoms with Crippen molar-refractivity contribution in [1.82, 2.24) is 15.5 Å². The van der Waals surface area contributed by atoms with Gasteiger partial charge in [-0.05, 0) is 6.07 Å². The van der Waals surface area contributed by atoms with Gasteiger partial charge in [0, 0.05) is 6.54 Å². The molecule has 9 heteroatoms. The minimum atomic E-state index is -4.33. The Morgan fingerprint density at radius 1 is 1.35 bits per heavy atom. The first-order chi connectivity index (χ1) is 7.79. The number of aromatic nitrogens is 2. The molecule has 0 atom stereocenters. The lowest BCUT2D eigenvalue weighted by Gasteiger charge is -2.08. The SMILES string of the molecule is O=C(NCCC(F)(F)F)c1cc(Cl)nnc1Cl. The number of nitrogens with zero attached hydrogens (tertiary/aromatic N) is 2. The Labute approximate surface area is 104 Å². The Morgan fingerprint density at radius 3 is 2.59 bits per heavy atom. The van der Waals surface area contributed by atoms with Crippen molar-refractivity contribution in [2.45, 2.75) is 12.6 Å². The van der Waals surface area contributed by atoms with Crippen LogP contribution in [-0.2, 0) is 0 Å². The lowest BCUT2D eigenvalue weighted by atomic mass is 10.3. The predicted molar refractivity (Wildman–Crippen MR) is 55.1 cm³/mol. The molecule has 0 aromatic carbocycles. The van der Waals surface area contributed by atoms with Crippen LogP contribution in [0.5, 0.6) is 0 Å². The van der Waals surface area contributed by atoms with E-state index in [9.17, 15) is 18.0 Å². The van der Waals surface area contributed by atoms with Crippen molar-refractivity contribution in [3.8, 4) is 0 Å². The Bertz CT molecular complexity index is 425. The number of hydrogen-bond acceptors (Lipinski definition) is 3. The van der Waals surface area contributed by atoms with E-state index in [-0.39, 0.29) is 15.9 Å². The van der Waals surface area contributed by atoms with Gasteiger partial charge in [0.2, 0.25) is 0 Å². The Balaban J connectivity index is 2.61. The summed E-state index contributed by atoms with van der Waals surface area (Å²) in [5, 5.41) is 8.48. The van der Waals surface area contributed by atoms with Crippen molar-refractivity contribution < 1.29 is 18.0 Å². The van der Waals surface area contributed by atoms with Gasteiger partial charge in [-0.3, -0.25) is 4.79 Å². The molecule has 94 valence electrons. The summed E-state index contributed by atoms with van der Waals surface area (Å²) in [5.74, 6) is -0.781. The molecule has 0 radical (unpaired) electrons. The molecule has 1 amide bonds. The molecule has 0 bridgehead atoms. The van der Waals surface area contributed by atoms with Gasteiger partial charge in [-0.15, -0.1) is 10.2 Å². The number of hydrogen-bond donors (Lipinski definition) is 1. The van der Waals surface area contributed by atoms with Gasteiger partial charge in [-0.2, -0.15) is 13.2 Å². The van der Waals surface area contributed by atoms with E-state index >= 15 is 0 Å². The van der Waals surface area contributed by atoms with Crippen LogP contribution in [0.3, 0.4) is 0 Å². The normalized spacial score (nSPS) is 11.4. The van der Waals surface area contributed by atoms with Gasteiger partial charge in [0.15, 0.2) is 10.3 Å². The lowest BCUT2D eigenvalue weighted by Crippen LogP contribution is -2.28. The minimum Gasteiger partial charge on any atom is -0.352 e. The summed E-state index contributed by atoms with van der Waals surface area (Å²) >= 11 is 11.0. The van der Waals surface area contributed by atoms with Crippen molar-refractivity contribution in [2.75, 3.05) is 6.54 Å². The molecule has 0 aliphatic carbocycles. The maximum absolute atomic E-state index is 11.8. The Kier molecular flexibility index (Phi) is 4.53. The van der Waals surface area contributed by atoms with Gasteiger partial charge in [0.05, 0.1) is 12.0 Å². The molecule has 17 heavy (non-hydrogen) atoms. The van der Waals surface area contributed by atoms with E-state index in [1.165, 1.54) is 0 Å². The van der Waals surface area contributed by atoms with Crippen molar-refractivity contribution in [3.05, 3.63) is 21.9 Å². The number of carbonyl (C=O) groups is 1. The summed E-state index contributed by atoms with van der Waals surface area (Å²) in [7, 11) is 0. The highest BCUT2D eigenvalue weighted by Gasteiger charge is 2.26. The first-order valence-electron chi connectivity index (χ1n) is 4.33. The minimum absolute atomic E-state index is 0.0737. The monoisotopic (exact) mass is 287 g/mol. The van der Waals surface area contributed by atoms with Crippen LogP contribution in [-0.4, -0.2) is 28.8 Å². The van der Waals surface area contributed by atoms with E-state index in [4.69, 9.17) is 23.2 Å². The van der Waals surface area contributed by atoms with E-state index in [1.54, 1.807) is 0 Å². The number of nitrogens with one attached hydrogen (secondary N) is 1. The average molecular weight is 288 g/mol. The van der Waals surface area contributed by atoms with Crippen LogP contribution in [0.1, 0.15) is 16.8 Å². The maximum atomic E-state index is 11.8. The second-order valence-corrected chi connectivity index (χ2v) is 3.74. The molecule has 0 aliphatic heterocycles. The molecule has 1 aromatic rings. The maximum Gasteiger partial charge on any atom is 0.390 e. The Morgan fingerprint density at radius 2 is 2.00 bits per heavy atom. The molecular weight excluding hydrogens is 282 g/mol. The van der Waals surface area contributed by atoms with Gasteiger partial charge >= 0.3 is 6.18 Å². The molecule has 0 unspecified atom stereocenters. The fraction of sp³-hybridized carbons (Fsp3) is 0.375. The van der Waals surface area contributed by atoms with E-state index in [0.29, 0.717) is 0 Å². The number of halogens is 5. The third-order valence-electron chi connectivity index (χ3n) is 1.66. The predicted octanol–water partition coefficient (Wildman–Crippen LogP) is 2.47. The van der Waals surface area contributed by atoms with Crippen molar-refractivity contribution in [1.29, 1.82) is 0 Å². The summed E-state index contributed by atoms with van der Waals surface area (Å²) in [6.45, 7) is -0.543. The zero-order valence-corrected chi connectivity index (χ0v) is 9.70. The second-order valence-electron chi connectivity index (χ2n) is 2.99. The number of amides is 1. The van der Waals surface area contributed by atoms with Gasteiger partial charge in [-0.1, -0.05) is 23.2 Å². The largest absolute Gasteiger partial charge is 0.390 e. The quantitative estimate of drug-likeness (QED) is 0.929. The summed E-state index contributed by atoms with van der Waals surface area (Å²) in [5.41, 5.74) is -0.117. The fourth-order valence-electron chi connectivity index (χ4n) is 0.925. The summed E-state index contributed by atoms with van der Waals surface area (Å²) in [6, 6.07) is 1.12. The molecule has 0 saturated carbocycles. The van der Waals surface area contributed by atoms with Crippen LogP contribution >= 0.6 is 23.2 Å². The van der Waals surface area contributed by atoms with E-state index in [2.05, 4.69) is 15.5 Å². The zero-order valence-electron chi connectivity index (χ0n) is 8.18. The van der Waals surface area contributed by atoms with Crippen LogP contribution in [0, 0.1) is 0 Å². The summed E-state index contributed by atoms with van der Waals surface area (Å²) < 4.78 is 35.5. The highest BCUT2D eigenvalue weighted by molar-refractivity contribution is 6.34. The zero-order chi connectivity index (χ0) is 13.1. The smallest absolute Gasteiger partial charge is 0.352 e. The van der Waals surface area contributed by atoms with E-state index < -0.39 is 25.0 Å². The fourth-order valence-corrected chi connectivity index (χ4v) is 1.25. The van der Waals surface area contributed by atoms with Crippen LogP contribution < -0.4 is 5.32 Å². The number of alkyl halides is 3. The standard InChI is InChI=1S/C8H6Cl2F3N3O/c9-5-3-4(6(10)16-15-5)7(17)14-2-1-8(11,12)13/h3H,1-2H2,(H,14,17). The summed E-state index contributed by atoms with van der Waals surface area (Å²) in [6.07, 6.45) is -5.45. The number of rotatable bonds is 3. The topological polar surface area (TPSA) is 54.9 Å². The highest BCUT2D eigenvalue weighted by Crippen LogP contribution is 2.19. The van der Waals surface area contributed by atoms with E-state index in [0.717, 1.165) is 6.07 Å². The molecule has 0 fully saturated rings. The molecule has 1 heterocycles. The summed E-state index contributed by atoms with van der Waals surface area (Å²) in [4.78, 5) is 11.4. The molecular formula is C8H6Cl2F3N3O. The lowest BCUT2D eigenvalue weighted by molar-refractivity contribution is -0.132. The average Bonchev–Trinajstić information content (AvgIpc) is 2.19. The van der Waals surface area contributed by atoms with Crippen LogP contribution in [0.15, 0.2) is 6.07 Å². The first-order valence-corrected chi connectivity index (χ1v) is 5.09. The van der Waals surface area contributed by atoms with E-state index in [1.807, 2.05) is 0 Å². The molecule has 0 saturated heterocycles. The molecule has 1 N–H and O–H groups in total. The molecule has 0 spiro atoms. The molecule has 1 aromatic heterocycles. The van der Waals surface area contributed by atoms with Gasteiger partial charge in [0.25, 0.3) is 5.91 Å². The van der Waals surface area contributed by atoms with Gasteiger partial charge in [-0.25, -0.2) is 0 Å². The molecule has 0 aliphatic rings. The van der Waals surface area contributed by atoms with Crippen molar-refractivity contribution >= 4 is 29.1 Å². The molecule has 1 rings (SSSR count). The van der Waals surface area contributed by atoms with Crippen LogP contribution in [0.4, 0.5) is 13.2 Å². The highest BCUT2D eigenvalue weighted by atomic mass is 35.5. The Hall–Kier alpha value is -1.08. The van der Waals surface area contributed by atoms with Crippen molar-refractivity contribution in [3.63, 3.8) is 0 Å². The third kappa shape index (κ3) is 4.74. The third-order valence-corrected chi connectivity index (χ3v) is 2.12. The van der Waals surface area contributed by atoms with Crippen molar-refractivity contribution in [2.24, 2.45) is 0 Å². The first kappa shape index (κ1) is 14.0. The molecule has 4 nitrogen and oxygen atoms in total.